The number of aromatic nitrogens is 3. The van der Waals surface area contributed by atoms with Gasteiger partial charge >= 0.3 is 0 Å². The zero-order chi connectivity index (χ0) is 62.3. The number of amides is 4. The average molecular weight is 1250 g/mol. The second-order valence-electron chi connectivity index (χ2n) is 27.2. The predicted molar refractivity (Wildman–Crippen MR) is 340 cm³/mol. The smallest absolute Gasteiger partial charge is 0.246 e. The van der Waals surface area contributed by atoms with Crippen LogP contribution in [0.2, 0.25) is 0 Å². The molecule has 5 N–H and O–H groups in total. The molecule has 0 bridgehead atoms. The highest BCUT2D eigenvalue weighted by Crippen LogP contribution is 2.41. The summed E-state index contributed by atoms with van der Waals surface area (Å²) in [6.07, 6.45) is 14.6. The van der Waals surface area contributed by atoms with Crippen LogP contribution in [0.15, 0.2) is 54.2 Å². The van der Waals surface area contributed by atoms with E-state index in [1.165, 1.54) is 23.5 Å². The molecule has 482 valence electrons. The number of carbonyl (C=O) groups is 5. The van der Waals surface area contributed by atoms with Crippen molar-refractivity contribution in [1.29, 1.82) is 0 Å². The van der Waals surface area contributed by atoms with Gasteiger partial charge in [0, 0.05) is 81.0 Å². The zero-order valence-corrected chi connectivity index (χ0v) is 53.4. The largest absolute Gasteiger partial charge is 0.492 e. The third-order valence-electron chi connectivity index (χ3n) is 20.2. The van der Waals surface area contributed by atoms with E-state index in [0.717, 1.165) is 146 Å². The quantitative estimate of drug-likeness (QED) is 0.0383. The molecule has 2 spiro atoms. The fraction of sp³-hybridized carbons (Fsp3) is 0.636. The third-order valence-corrected chi connectivity index (χ3v) is 21.2. The maximum atomic E-state index is 15.8. The van der Waals surface area contributed by atoms with Gasteiger partial charge in [0.2, 0.25) is 29.4 Å². The molecule has 7 aliphatic rings. The molecule has 11 rings (SSSR count). The number of hydrogen-bond donors (Lipinski definition) is 5. The lowest BCUT2D eigenvalue weighted by molar-refractivity contribution is -0.139. The fourth-order valence-corrected chi connectivity index (χ4v) is 15.6. The van der Waals surface area contributed by atoms with E-state index >= 15 is 8.78 Å². The number of nitrogens with one attached hydrogen (secondary N) is 5. The number of thiazole rings is 1. The highest BCUT2D eigenvalue weighted by molar-refractivity contribution is 7.10. The molecule has 20 nitrogen and oxygen atoms in total. The van der Waals surface area contributed by atoms with Gasteiger partial charge < -0.3 is 50.9 Å². The van der Waals surface area contributed by atoms with E-state index in [2.05, 4.69) is 70.0 Å². The summed E-state index contributed by atoms with van der Waals surface area (Å²) in [5, 5.41) is 18.3. The van der Waals surface area contributed by atoms with Gasteiger partial charge in [0.05, 0.1) is 42.9 Å². The van der Waals surface area contributed by atoms with Crippen LogP contribution >= 0.6 is 11.3 Å². The third kappa shape index (κ3) is 15.9. The Kier molecular flexibility index (Phi) is 20.5. The molecule has 6 aliphatic heterocycles. The topological polar surface area (TPSA) is 213 Å². The Hall–Kier alpha value is -6.40. The summed E-state index contributed by atoms with van der Waals surface area (Å²) in [6.45, 7) is 17.0. The first kappa shape index (κ1) is 64.1. The maximum Gasteiger partial charge on any atom is 0.246 e. The summed E-state index contributed by atoms with van der Waals surface area (Å²) in [5.74, 6) is 0.499. The second kappa shape index (κ2) is 28.4. The lowest BCUT2D eigenvalue weighted by Crippen LogP contribution is -2.66. The van der Waals surface area contributed by atoms with Gasteiger partial charge in [0.15, 0.2) is 0 Å². The van der Waals surface area contributed by atoms with Gasteiger partial charge in [-0.15, -0.1) is 11.3 Å². The summed E-state index contributed by atoms with van der Waals surface area (Å²) in [7, 11) is 1.74. The van der Waals surface area contributed by atoms with Crippen molar-refractivity contribution in [3.63, 3.8) is 0 Å². The number of halogens is 2. The minimum Gasteiger partial charge on any atom is -0.492 e. The number of piperazine rings is 1. The highest BCUT2D eigenvalue weighted by Gasteiger charge is 2.45. The molecular formula is C66H92F2N14O6S. The van der Waals surface area contributed by atoms with Gasteiger partial charge in [-0.2, -0.15) is 0 Å². The fourth-order valence-electron chi connectivity index (χ4n) is 14.7. The number of ketones is 1. The number of benzene rings is 2. The molecule has 2 aromatic carbocycles. The standard InChI is InChI=1S/C66H92F2N14O6S/c1-45(69-4)61(86)75-59(46-11-6-5-7-12-46)63(87)82-25-9-15-53(82)62-74-52(40-89-62)60(85)47-13-8-14-49(33-47)88-32-23-71-57(83)38-79-29-19-65(42-79)18-28-78(41-65)24-10-22-70-55-36-56(73-44-72-55)80-30-20-66(21-31-80)43-81(39-58(84)76-66)54-35-50(67)48(34-51(54)68)37-77-26-16-64(2,3)17-27-77/h8,13-14,33-36,40,44-46,53,59,69H,5-7,9-12,15-32,37-39,41-43H2,1-4H3,(H,71,83)(H,75,86)(H,76,84)(H,70,72,73)/t45-,53-,59-,65+/m0/s1. The number of nitrogens with zero attached hydrogens (tertiary/aromatic N) is 9. The van der Waals surface area contributed by atoms with Gasteiger partial charge in [-0.05, 0) is 152 Å². The molecule has 1 aliphatic carbocycles. The molecule has 89 heavy (non-hydrogen) atoms. The Bertz CT molecular complexity index is 3150. The molecule has 23 heteroatoms. The zero-order valence-electron chi connectivity index (χ0n) is 52.6. The van der Waals surface area contributed by atoms with Crippen molar-refractivity contribution < 1.29 is 37.5 Å². The number of rotatable bonds is 23. The maximum absolute atomic E-state index is 15.8. The van der Waals surface area contributed by atoms with E-state index in [9.17, 15) is 24.0 Å². The van der Waals surface area contributed by atoms with Crippen LogP contribution in [-0.2, 0) is 25.7 Å². The summed E-state index contributed by atoms with van der Waals surface area (Å²) >= 11 is 1.39. The first-order valence-corrected chi connectivity index (χ1v) is 33.6. The van der Waals surface area contributed by atoms with Crippen molar-refractivity contribution >= 4 is 58.1 Å². The van der Waals surface area contributed by atoms with E-state index in [1.807, 2.05) is 11.0 Å². The Balaban J connectivity index is 0.572. The van der Waals surface area contributed by atoms with Crippen LogP contribution < -0.4 is 41.1 Å². The summed E-state index contributed by atoms with van der Waals surface area (Å²) in [5.41, 5.74) is 1.11. The number of piperidine rings is 2. The van der Waals surface area contributed by atoms with Crippen molar-refractivity contribution in [2.75, 3.05) is 127 Å². The van der Waals surface area contributed by atoms with Crippen LogP contribution in [0, 0.1) is 28.4 Å². The second-order valence-corrected chi connectivity index (χ2v) is 28.1. The molecule has 4 atom stereocenters. The molecule has 4 aromatic rings. The summed E-state index contributed by atoms with van der Waals surface area (Å²) in [4.78, 5) is 94.1. The normalized spacial score (nSPS) is 23.2. The number of likely N-dealkylation sites (tertiary alicyclic amines) is 4. The summed E-state index contributed by atoms with van der Waals surface area (Å²) in [6, 6.07) is 10.3. The number of hydrogen-bond acceptors (Lipinski definition) is 17. The first-order chi connectivity index (χ1) is 42.9. The van der Waals surface area contributed by atoms with Crippen LogP contribution in [0.25, 0.3) is 0 Å². The van der Waals surface area contributed by atoms with Crippen LogP contribution in [0.4, 0.5) is 26.1 Å². The lowest BCUT2D eigenvalue weighted by Gasteiger charge is -2.48. The summed E-state index contributed by atoms with van der Waals surface area (Å²) < 4.78 is 37.4. The van der Waals surface area contributed by atoms with Gasteiger partial charge in [-0.1, -0.05) is 45.2 Å². The Labute approximate surface area is 527 Å². The molecule has 6 saturated heterocycles. The van der Waals surface area contributed by atoms with E-state index < -0.39 is 29.3 Å². The van der Waals surface area contributed by atoms with Crippen LogP contribution in [0.3, 0.4) is 0 Å². The van der Waals surface area contributed by atoms with E-state index in [0.29, 0.717) is 81.2 Å². The molecule has 0 radical (unpaired) electrons. The van der Waals surface area contributed by atoms with Crippen LogP contribution in [-0.4, -0.2) is 193 Å². The molecule has 1 saturated carbocycles. The van der Waals surface area contributed by atoms with Crippen molar-refractivity contribution in [1.82, 2.24) is 55.8 Å². The molecular weight excluding hydrogens is 1150 g/mol. The minimum absolute atomic E-state index is 0.0247. The molecule has 2 aromatic heterocycles. The Morgan fingerprint density at radius 3 is 2.37 bits per heavy atom. The molecule has 8 heterocycles. The number of ether oxygens (including phenoxy) is 1. The van der Waals surface area contributed by atoms with E-state index in [4.69, 9.17) is 9.72 Å². The van der Waals surface area contributed by atoms with Gasteiger partial charge in [0.1, 0.15) is 58.7 Å². The van der Waals surface area contributed by atoms with Gasteiger partial charge in [-0.25, -0.2) is 23.7 Å². The van der Waals surface area contributed by atoms with E-state index in [-0.39, 0.29) is 71.0 Å². The number of carbonyl (C=O) groups excluding carboxylic acids is 5. The molecule has 4 amide bonds. The molecule has 7 fully saturated rings. The predicted octanol–water partition coefficient (Wildman–Crippen LogP) is 6.77. The Morgan fingerprint density at radius 2 is 1.58 bits per heavy atom. The highest BCUT2D eigenvalue weighted by atomic mass is 32.1. The van der Waals surface area contributed by atoms with Crippen molar-refractivity contribution in [2.45, 2.75) is 141 Å². The number of anilines is 3. The van der Waals surface area contributed by atoms with Crippen LogP contribution in [0.5, 0.6) is 5.75 Å². The lowest BCUT2D eigenvalue weighted by atomic mass is 9.82. The van der Waals surface area contributed by atoms with Crippen molar-refractivity contribution in [3.8, 4) is 5.75 Å². The SMILES string of the molecule is CN[C@@H](C)C(=O)N[C@H](C(=O)N1CCC[C@H]1c1nc(C(=O)c2cccc(OCCNC(=O)CN3CC[C@@]4(CCN(CCCNc5cc(N6CCC7(CC6)CN(c6cc(F)c(CN8CCC(C)(C)CC8)cc6F)CC(=O)N7)ncn5)C4)C3)c2)cs1)C1CCCCC1. The van der Waals surface area contributed by atoms with Gasteiger partial charge in [0.25, 0.3) is 0 Å². The van der Waals surface area contributed by atoms with Crippen molar-refractivity contribution in [2.24, 2.45) is 16.7 Å². The minimum atomic E-state index is -0.595. The monoisotopic (exact) mass is 1250 g/mol. The van der Waals surface area contributed by atoms with E-state index in [1.54, 1.807) is 54.8 Å². The van der Waals surface area contributed by atoms with Crippen LogP contribution in [0.1, 0.15) is 143 Å². The molecule has 0 unspecified atom stereocenters. The number of likely N-dealkylation sites (N-methyl/N-ethyl adjacent to an activating group) is 1. The first-order valence-electron chi connectivity index (χ1n) is 32.7. The van der Waals surface area contributed by atoms with Crippen molar-refractivity contribution in [3.05, 3.63) is 87.6 Å². The Morgan fingerprint density at radius 1 is 0.820 bits per heavy atom. The van der Waals surface area contributed by atoms with Gasteiger partial charge in [-0.3, -0.25) is 33.8 Å². The average Bonchev–Trinajstić information content (AvgIpc) is 2.08.